The lowest BCUT2D eigenvalue weighted by molar-refractivity contribution is 0.195. The predicted octanol–water partition coefficient (Wildman–Crippen LogP) is 18.6. The van der Waals surface area contributed by atoms with Gasteiger partial charge in [-0.2, -0.15) is 0 Å². The van der Waals surface area contributed by atoms with Crippen LogP contribution in [0.3, 0.4) is 0 Å². The second kappa shape index (κ2) is 16.7. The van der Waals surface area contributed by atoms with Gasteiger partial charge in [-0.3, -0.25) is 0 Å². The van der Waals surface area contributed by atoms with E-state index in [1.54, 1.807) is 0 Å². The smallest absolute Gasteiger partial charge is 0.254 e. The van der Waals surface area contributed by atoms with E-state index in [2.05, 4.69) is 258 Å². The van der Waals surface area contributed by atoms with E-state index >= 15 is 0 Å². The maximum absolute atomic E-state index is 2.93. The maximum Gasteiger partial charge on any atom is 0.254 e. The van der Waals surface area contributed by atoms with Crippen molar-refractivity contribution in [3.05, 3.63) is 173 Å². The molecule has 1 fully saturated rings. The van der Waals surface area contributed by atoms with Gasteiger partial charge in [0.1, 0.15) is 0 Å². The Kier molecular flexibility index (Phi) is 11.0. The van der Waals surface area contributed by atoms with Gasteiger partial charge in [0.05, 0.1) is 16.2 Å². The first kappa shape index (κ1) is 50.5. The molecule has 392 valence electrons. The molecule has 2 atom stereocenters. The normalized spacial score (nSPS) is 20.8. The molecule has 2 unspecified atom stereocenters. The van der Waals surface area contributed by atoms with Gasteiger partial charge >= 0.3 is 0 Å². The molecule has 0 spiro atoms. The summed E-state index contributed by atoms with van der Waals surface area (Å²) in [5, 5.41) is 2.77. The van der Waals surface area contributed by atoms with Crippen LogP contribution in [0.1, 0.15) is 176 Å². The molecule has 0 saturated heterocycles. The quantitative estimate of drug-likeness (QED) is 0.159. The van der Waals surface area contributed by atoms with E-state index in [-0.39, 0.29) is 44.7 Å². The van der Waals surface area contributed by atoms with Crippen LogP contribution in [0.2, 0.25) is 0 Å². The summed E-state index contributed by atoms with van der Waals surface area (Å²) in [6.45, 7) is 36.2. The summed E-state index contributed by atoms with van der Waals surface area (Å²) in [5.41, 5.74) is 24.4. The molecule has 8 aromatic rings. The van der Waals surface area contributed by atoms with E-state index in [0.29, 0.717) is 0 Å². The molecule has 0 radical (unpaired) electrons. The minimum absolute atomic E-state index is 0.00673. The Bertz CT molecular complexity index is 3620. The van der Waals surface area contributed by atoms with Gasteiger partial charge in [0, 0.05) is 44.2 Å². The van der Waals surface area contributed by atoms with Crippen molar-refractivity contribution in [2.45, 2.75) is 180 Å². The lowest BCUT2D eigenvalue weighted by atomic mass is 9.33. The SMILES string of the molecule is CC(C)(C)c1ccc(N(c2ccc(C(C)(C)C)cc2)c2cc3c4c(c2)N2c5c(cc(-c6ccccc6)cc5C5(C)CCCCC25C)B4c2c(sc4cc5c(cc24)C(C)(C)CCC5(C)C)N3c2ccc(C(C)(C)C)cc2)cc1. The minimum atomic E-state index is -0.159. The van der Waals surface area contributed by atoms with Crippen molar-refractivity contribution in [3.8, 4) is 11.1 Å². The first-order valence-corrected chi connectivity index (χ1v) is 29.9. The molecule has 5 heteroatoms. The summed E-state index contributed by atoms with van der Waals surface area (Å²) >= 11 is 2.03. The van der Waals surface area contributed by atoms with Crippen LogP contribution >= 0.6 is 11.3 Å². The number of hydrogen-bond donors (Lipinski definition) is 0. The van der Waals surface area contributed by atoms with Crippen LogP contribution in [0.15, 0.2) is 140 Å². The first-order chi connectivity index (χ1) is 36.3. The van der Waals surface area contributed by atoms with Crippen molar-refractivity contribution < 1.29 is 0 Å². The fraction of sp³-hybridized carbons (Fsp3) is 0.389. The molecular formula is C72H80BN3S. The molecule has 3 nitrogen and oxygen atoms in total. The van der Waals surface area contributed by atoms with Crippen molar-refractivity contribution in [2.75, 3.05) is 14.7 Å². The molecule has 7 aromatic carbocycles. The average Bonchev–Trinajstić information content (AvgIpc) is 2.78. The minimum Gasteiger partial charge on any atom is -0.335 e. The number of benzene rings is 7. The number of rotatable bonds is 5. The van der Waals surface area contributed by atoms with Crippen LogP contribution in [0.5, 0.6) is 0 Å². The Labute approximate surface area is 465 Å². The summed E-state index contributed by atoms with van der Waals surface area (Å²) in [7, 11) is 0. The van der Waals surface area contributed by atoms with Gasteiger partial charge in [0.2, 0.25) is 0 Å². The van der Waals surface area contributed by atoms with Crippen LogP contribution in [0.25, 0.3) is 21.2 Å². The van der Waals surface area contributed by atoms with Crippen molar-refractivity contribution in [1.82, 2.24) is 0 Å². The number of thiophene rings is 1. The third-order valence-corrected chi connectivity index (χ3v) is 21.1. The summed E-state index contributed by atoms with van der Waals surface area (Å²) in [6, 6.07) is 55.7. The van der Waals surface area contributed by atoms with Crippen LogP contribution in [0.4, 0.5) is 44.8 Å². The third-order valence-electron chi connectivity index (χ3n) is 19.9. The summed E-state index contributed by atoms with van der Waals surface area (Å²) in [4.78, 5) is 8.22. The van der Waals surface area contributed by atoms with E-state index in [1.165, 1.54) is 148 Å². The molecule has 0 N–H and O–H groups in total. The van der Waals surface area contributed by atoms with Gasteiger partial charge in [-0.25, -0.2) is 0 Å². The molecule has 5 aliphatic rings. The molecule has 4 heterocycles. The van der Waals surface area contributed by atoms with Crippen LogP contribution in [-0.2, 0) is 32.5 Å². The van der Waals surface area contributed by atoms with Gasteiger partial charge in [0.25, 0.3) is 6.71 Å². The Morgan fingerprint density at radius 3 is 1.60 bits per heavy atom. The van der Waals surface area contributed by atoms with E-state index in [0.717, 1.165) is 6.42 Å². The standard InChI is InChI=1S/C72H80BN3S/c1-66(2,3)47-23-29-50(30-24-47)74(51-31-25-48(26-32-51)67(4,5)6)53-41-59-63-60(42-53)76-64-57(71(14)35-19-20-36-72(71,76)15)39-46(45-21-17-16-18-22-45)40-58(64)73(63)62-54-43-55-56(70(12,13)38-37-69(55,10)11)44-61(54)77-65(62)75(59)52-33-27-49(28-34-52)68(7,8)9/h16-18,21-34,39-44H,19-20,35-38H2,1-15H3. The van der Waals surface area contributed by atoms with Crippen LogP contribution in [0, 0.1) is 0 Å². The fourth-order valence-corrected chi connectivity index (χ4v) is 16.2. The van der Waals surface area contributed by atoms with Crippen molar-refractivity contribution >= 4 is 89.3 Å². The highest BCUT2D eigenvalue weighted by molar-refractivity contribution is 7.26. The van der Waals surface area contributed by atoms with E-state index in [4.69, 9.17) is 0 Å². The molecule has 2 aliphatic carbocycles. The number of nitrogens with zero attached hydrogens (tertiary/aromatic N) is 3. The third kappa shape index (κ3) is 7.54. The average molecular weight is 1030 g/mol. The predicted molar refractivity (Wildman–Crippen MR) is 335 cm³/mol. The Morgan fingerprint density at radius 1 is 0.494 bits per heavy atom. The van der Waals surface area contributed by atoms with Gasteiger partial charge in [-0.15, -0.1) is 11.3 Å². The molecule has 13 rings (SSSR count). The molecule has 3 aliphatic heterocycles. The summed E-state index contributed by atoms with van der Waals surface area (Å²) < 4.78 is 1.40. The molecule has 1 saturated carbocycles. The van der Waals surface area contributed by atoms with Crippen molar-refractivity contribution in [3.63, 3.8) is 0 Å². The molecule has 0 amide bonds. The highest BCUT2D eigenvalue weighted by Gasteiger charge is 2.62. The fourth-order valence-electron chi connectivity index (χ4n) is 14.9. The van der Waals surface area contributed by atoms with E-state index in [9.17, 15) is 0 Å². The number of anilines is 8. The number of hydrogen-bond acceptors (Lipinski definition) is 4. The van der Waals surface area contributed by atoms with Crippen molar-refractivity contribution in [1.29, 1.82) is 0 Å². The van der Waals surface area contributed by atoms with Gasteiger partial charge in [-0.05, 0) is 193 Å². The summed E-state index contributed by atoms with van der Waals surface area (Å²) in [6.07, 6.45) is 7.14. The van der Waals surface area contributed by atoms with E-state index < -0.39 is 0 Å². The zero-order chi connectivity index (χ0) is 54.1. The highest BCUT2D eigenvalue weighted by Crippen LogP contribution is 2.63. The zero-order valence-electron chi connectivity index (χ0n) is 48.8. The first-order valence-electron chi connectivity index (χ1n) is 29.0. The Balaban J connectivity index is 1.18. The topological polar surface area (TPSA) is 9.72 Å². The summed E-state index contributed by atoms with van der Waals surface area (Å²) in [5.74, 6) is 0. The lowest BCUT2D eigenvalue weighted by Gasteiger charge is -2.52. The van der Waals surface area contributed by atoms with Gasteiger partial charge in [0.15, 0.2) is 0 Å². The Morgan fingerprint density at radius 2 is 1.03 bits per heavy atom. The Hall–Kier alpha value is -6.04. The number of fused-ring (bicyclic) bond motifs is 10. The maximum atomic E-state index is 2.93. The van der Waals surface area contributed by atoms with Crippen molar-refractivity contribution in [2.24, 2.45) is 0 Å². The highest BCUT2D eigenvalue weighted by atomic mass is 32.1. The van der Waals surface area contributed by atoms with E-state index in [1.807, 2.05) is 11.3 Å². The molecule has 1 aromatic heterocycles. The van der Waals surface area contributed by atoms with Gasteiger partial charge < -0.3 is 14.7 Å². The zero-order valence-corrected chi connectivity index (χ0v) is 49.7. The second-order valence-corrected chi connectivity index (χ2v) is 29.9. The van der Waals surface area contributed by atoms with Gasteiger partial charge in [-0.1, -0.05) is 183 Å². The molecule has 0 bridgehead atoms. The van der Waals surface area contributed by atoms with Crippen LogP contribution < -0.4 is 31.1 Å². The largest absolute Gasteiger partial charge is 0.335 e. The van der Waals surface area contributed by atoms with Crippen LogP contribution in [-0.4, -0.2) is 12.3 Å². The monoisotopic (exact) mass is 1030 g/mol. The molecular weight excluding hydrogens is 950 g/mol. The molecule has 77 heavy (non-hydrogen) atoms. The second-order valence-electron chi connectivity index (χ2n) is 28.9. The lowest BCUT2D eigenvalue weighted by Crippen LogP contribution is -2.64.